The average molecular weight is 262 g/mol. The van der Waals surface area contributed by atoms with Gasteiger partial charge in [0.05, 0.1) is 12.7 Å². The number of amidine groups is 1. The van der Waals surface area contributed by atoms with Gasteiger partial charge in [0, 0.05) is 5.56 Å². The average Bonchev–Trinajstić information content (AvgIpc) is 2.34. The Bertz CT molecular complexity index is 454. The van der Waals surface area contributed by atoms with E-state index >= 15 is 0 Å². The summed E-state index contributed by atoms with van der Waals surface area (Å²) in [6.45, 7) is 0. The summed E-state index contributed by atoms with van der Waals surface area (Å²) in [7, 11) is 1.15. The van der Waals surface area contributed by atoms with Crippen molar-refractivity contribution in [2.24, 2.45) is 5.16 Å². The van der Waals surface area contributed by atoms with E-state index in [0.29, 0.717) is 0 Å². The van der Waals surface area contributed by atoms with Crippen LogP contribution in [0.15, 0.2) is 29.4 Å². The van der Waals surface area contributed by atoms with Crippen LogP contribution in [0.25, 0.3) is 0 Å². The van der Waals surface area contributed by atoms with Crippen molar-refractivity contribution in [2.45, 2.75) is 6.18 Å². The number of ether oxygens (including phenoxy) is 1. The molecule has 0 saturated heterocycles. The molecule has 0 fully saturated rings. The summed E-state index contributed by atoms with van der Waals surface area (Å²) in [4.78, 5) is 11.5. The minimum atomic E-state index is -4.46. The number of nitrogens with zero attached hydrogens (tertiary/aromatic N) is 1. The summed E-state index contributed by atoms with van der Waals surface area (Å²) < 4.78 is 41.3. The maximum absolute atomic E-state index is 12.3. The van der Waals surface area contributed by atoms with Crippen molar-refractivity contribution in [3.8, 4) is 0 Å². The monoisotopic (exact) mass is 262 g/mol. The summed E-state index contributed by atoms with van der Waals surface area (Å²) >= 11 is 0. The molecule has 5 nitrogen and oxygen atoms in total. The summed E-state index contributed by atoms with van der Waals surface area (Å²) in [5, 5.41) is 13.0. The summed E-state index contributed by atoms with van der Waals surface area (Å²) in [5.41, 5.74) is -0.886. The summed E-state index contributed by atoms with van der Waals surface area (Å²) in [5.74, 6) is -0.752. The minimum Gasteiger partial charge on any atom is -0.466 e. The number of methoxy groups -OCH3 is 1. The molecule has 0 unspecified atom stereocenters. The first kappa shape index (κ1) is 13.8. The molecule has 0 radical (unpaired) electrons. The SMILES string of the molecule is CO/C(=N/O)NC(=O)c1ccc(C(F)(F)F)cc1. The number of hydrogen-bond acceptors (Lipinski definition) is 4. The van der Waals surface area contributed by atoms with Crippen LogP contribution in [0, 0.1) is 0 Å². The molecule has 0 aliphatic carbocycles. The second kappa shape index (κ2) is 5.39. The zero-order valence-electron chi connectivity index (χ0n) is 9.15. The van der Waals surface area contributed by atoms with Gasteiger partial charge >= 0.3 is 12.2 Å². The van der Waals surface area contributed by atoms with E-state index in [2.05, 4.69) is 9.89 Å². The molecule has 1 amide bonds. The van der Waals surface area contributed by atoms with Crippen LogP contribution in [0.5, 0.6) is 0 Å². The van der Waals surface area contributed by atoms with Crippen LogP contribution in [-0.4, -0.2) is 24.2 Å². The van der Waals surface area contributed by atoms with Gasteiger partial charge in [0.2, 0.25) is 0 Å². The van der Waals surface area contributed by atoms with Crippen molar-refractivity contribution < 1.29 is 27.9 Å². The molecule has 1 rings (SSSR count). The standard InChI is InChI=1S/C10H9F3N2O3/c1-18-9(15-17)14-8(16)6-2-4-7(5-3-6)10(11,12)13/h2-5,17H,1H3,(H,14,15,16). The number of alkyl halides is 3. The second-order valence-corrected chi connectivity index (χ2v) is 3.14. The predicted octanol–water partition coefficient (Wildman–Crippen LogP) is 1.83. The highest BCUT2D eigenvalue weighted by Gasteiger charge is 2.30. The van der Waals surface area contributed by atoms with E-state index in [1.165, 1.54) is 0 Å². The number of amides is 1. The molecule has 0 bridgehead atoms. The lowest BCUT2D eigenvalue weighted by Gasteiger charge is -2.08. The highest BCUT2D eigenvalue weighted by atomic mass is 19.4. The molecule has 8 heteroatoms. The van der Waals surface area contributed by atoms with Gasteiger partial charge in [0.15, 0.2) is 0 Å². The van der Waals surface area contributed by atoms with Crippen molar-refractivity contribution in [1.29, 1.82) is 0 Å². The molecule has 0 saturated carbocycles. The lowest BCUT2D eigenvalue weighted by atomic mass is 10.1. The Morgan fingerprint density at radius 2 is 1.89 bits per heavy atom. The molecule has 0 spiro atoms. The van der Waals surface area contributed by atoms with E-state index in [9.17, 15) is 18.0 Å². The minimum absolute atomic E-state index is 0.0267. The Labute approximate surface area is 99.9 Å². The van der Waals surface area contributed by atoms with Crippen LogP contribution in [0.3, 0.4) is 0 Å². The number of hydrogen-bond donors (Lipinski definition) is 2. The van der Waals surface area contributed by atoms with Gasteiger partial charge in [-0.05, 0) is 29.4 Å². The largest absolute Gasteiger partial charge is 0.466 e. The molecule has 1 aromatic carbocycles. The number of nitrogens with one attached hydrogen (secondary N) is 1. The van der Waals surface area contributed by atoms with E-state index in [1.54, 1.807) is 0 Å². The maximum atomic E-state index is 12.3. The Kier molecular flexibility index (Phi) is 4.13. The molecule has 0 aliphatic rings. The van der Waals surface area contributed by atoms with Gasteiger partial charge in [-0.3, -0.25) is 10.1 Å². The molecule has 1 aromatic rings. The van der Waals surface area contributed by atoms with Gasteiger partial charge in [-0.2, -0.15) is 13.2 Å². The molecule has 0 atom stereocenters. The normalized spacial score (nSPS) is 12.1. The first-order chi connectivity index (χ1) is 8.38. The summed E-state index contributed by atoms with van der Waals surface area (Å²) in [6.07, 6.45) is -4.46. The third kappa shape index (κ3) is 3.37. The fourth-order valence-electron chi connectivity index (χ4n) is 1.10. The Balaban J connectivity index is 2.83. The maximum Gasteiger partial charge on any atom is 0.416 e. The highest BCUT2D eigenvalue weighted by Crippen LogP contribution is 2.28. The van der Waals surface area contributed by atoms with Crippen LogP contribution >= 0.6 is 0 Å². The van der Waals surface area contributed by atoms with Crippen molar-refractivity contribution >= 4 is 11.9 Å². The summed E-state index contributed by atoms with van der Waals surface area (Å²) in [6, 6.07) is 3.10. The number of carbonyl (C=O) groups excluding carboxylic acids is 1. The van der Waals surface area contributed by atoms with Crippen LogP contribution < -0.4 is 5.32 Å². The van der Waals surface area contributed by atoms with Crippen LogP contribution in [0.4, 0.5) is 13.2 Å². The van der Waals surface area contributed by atoms with E-state index in [-0.39, 0.29) is 5.56 Å². The molecule has 0 heterocycles. The molecule has 0 aliphatic heterocycles. The van der Waals surface area contributed by atoms with Crippen molar-refractivity contribution in [3.05, 3.63) is 35.4 Å². The van der Waals surface area contributed by atoms with Crippen molar-refractivity contribution in [1.82, 2.24) is 5.32 Å². The zero-order valence-corrected chi connectivity index (χ0v) is 9.15. The van der Waals surface area contributed by atoms with Gasteiger partial charge < -0.3 is 9.94 Å². The van der Waals surface area contributed by atoms with E-state index in [1.807, 2.05) is 5.32 Å². The van der Waals surface area contributed by atoms with Gasteiger partial charge in [-0.15, -0.1) is 0 Å². The third-order valence-electron chi connectivity index (χ3n) is 1.98. The molecular weight excluding hydrogens is 253 g/mol. The number of rotatable bonds is 1. The number of carbonyl (C=O) groups is 1. The Hall–Kier alpha value is -2.25. The van der Waals surface area contributed by atoms with Gasteiger partial charge in [-0.25, -0.2) is 0 Å². The highest BCUT2D eigenvalue weighted by molar-refractivity contribution is 6.03. The van der Waals surface area contributed by atoms with Gasteiger partial charge in [0.25, 0.3) is 5.91 Å². The Morgan fingerprint density at radius 1 is 1.33 bits per heavy atom. The van der Waals surface area contributed by atoms with Crippen LogP contribution in [0.2, 0.25) is 0 Å². The molecule has 98 valence electrons. The molecule has 0 aromatic heterocycles. The van der Waals surface area contributed by atoms with E-state index in [4.69, 9.17) is 5.21 Å². The number of oxime groups is 1. The third-order valence-corrected chi connectivity index (χ3v) is 1.98. The van der Waals surface area contributed by atoms with Gasteiger partial charge in [0.1, 0.15) is 0 Å². The van der Waals surface area contributed by atoms with Crippen LogP contribution in [-0.2, 0) is 10.9 Å². The fraction of sp³-hybridized carbons (Fsp3) is 0.200. The lowest BCUT2D eigenvalue weighted by molar-refractivity contribution is -0.137. The molecule has 18 heavy (non-hydrogen) atoms. The Morgan fingerprint density at radius 3 is 2.28 bits per heavy atom. The quantitative estimate of drug-likeness (QED) is 0.351. The topological polar surface area (TPSA) is 70.9 Å². The van der Waals surface area contributed by atoms with Crippen molar-refractivity contribution in [2.75, 3.05) is 7.11 Å². The second-order valence-electron chi connectivity index (χ2n) is 3.14. The zero-order chi connectivity index (χ0) is 13.8. The molecular formula is C10H9F3N2O3. The van der Waals surface area contributed by atoms with E-state index in [0.717, 1.165) is 31.4 Å². The first-order valence-corrected chi connectivity index (χ1v) is 4.63. The predicted molar refractivity (Wildman–Crippen MR) is 55.1 cm³/mol. The number of halogens is 3. The lowest BCUT2D eigenvalue weighted by Crippen LogP contribution is -2.31. The van der Waals surface area contributed by atoms with E-state index < -0.39 is 23.7 Å². The smallest absolute Gasteiger partial charge is 0.416 e. The van der Waals surface area contributed by atoms with Crippen LogP contribution in [0.1, 0.15) is 15.9 Å². The van der Waals surface area contributed by atoms with Gasteiger partial charge in [-0.1, -0.05) is 0 Å². The molecule has 2 N–H and O–H groups in total. The number of benzene rings is 1. The van der Waals surface area contributed by atoms with Crippen molar-refractivity contribution in [3.63, 3.8) is 0 Å². The fourth-order valence-corrected chi connectivity index (χ4v) is 1.10. The first-order valence-electron chi connectivity index (χ1n) is 4.63.